The number of aliphatic hydroxyl groups is 1. The molecule has 11 heteroatoms. The predicted octanol–water partition coefficient (Wildman–Crippen LogP) is 4.43. The minimum Gasteiger partial charge on any atom is -0.486 e. The van der Waals surface area contributed by atoms with Crippen LogP contribution in [0, 0.1) is 5.41 Å². The van der Waals surface area contributed by atoms with Gasteiger partial charge in [0.25, 0.3) is 5.91 Å². The Kier molecular flexibility index (Phi) is 7.73. The van der Waals surface area contributed by atoms with E-state index in [2.05, 4.69) is 15.0 Å². The van der Waals surface area contributed by atoms with Gasteiger partial charge in [0.05, 0.1) is 17.9 Å². The van der Waals surface area contributed by atoms with Gasteiger partial charge in [0.2, 0.25) is 0 Å². The summed E-state index contributed by atoms with van der Waals surface area (Å²) in [5.74, 6) is -2.28. The highest BCUT2D eigenvalue weighted by Crippen LogP contribution is 2.31. The number of rotatable bonds is 8. The number of aliphatic carboxylic acids is 1. The van der Waals surface area contributed by atoms with Crippen molar-refractivity contribution in [3.63, 3.8) is 0 Å². The van der Waals surface area contributed by atoms with Gasteiger partial charge in [-0.3, -0.25) is 4.79 Å². The SMILES string of the molecule is CC(C)(C)[C@H](NC(=O)c1ccc2ccc(CO)nc2c1OCc1ccc(OC(F)(F)F)cc1)C(=O)O. The molecule has 36 heavy (non-hydrogen) atoms. The first-order valence-electron chi connectivity index (χ1n) is 10.8. The summed E-state index contributed by atoms with van der Waals surface area (Å²) in [6.07, 6.45) is -4.82. The van der Waals surface area contributed by atoms with Gasteiger partial charge in [0, 0.05) is 5.39 Å². The van der Waals surface area contributed by atoms with Crippen molar-refractivity contribution in [2.24, 2.45) is 5.41 Å². The van der Waals surface area contributed by atoms with Crippen LogP contribution in [0.25, 0.3) is 10.9 Å². The van der Waals surface area contributed by atoms with Crippen LogP contribution in [-0.4, -0.2) is 39.5 Å². The molecule has 3 rings (SSSR count). The number of amides is 1. The first-order valence-corrected chi connectivity index (χ1v) is 10.8. The van der Waals surface area contributed by atoms with Gasteiger partial charge in [-0.05, 0) is 35.2 Å². The smallest absolute Gasteiger partial charge is 0.486 e. The van der Waals surface area contributed by atoms with Gasteiger partial charge in [-0.2, -0.15) is 0 Å². The third-order valence-electron chi connectivity index (χ3n) is 5.21. The average Bonchev–Trinajstić information content (AvgIpc) is 2.79. The summed E-state index contributed by atoms with van der Waals surface area (Å²) in [4.78, 5) is 29.3. The Labute approximate surface area is 204 Å². The van der Waals surface area contributed by atoms with E-state index >= 15 is 0 Å². The number of carbonyl (C=O) groups excluding carboxylic acids is 1. The highest BCUT2D eigenvalue weighted by molar-refractivity contribution is 6.04. The van der Waals surface area contributed by atoms with E-state index < -0.39 is 35.4 Å². The Hall–Kier alpha value is -3.86. The molecule has 0 fully saturated rings. The molecule has 0 spiro atoms. The number of aromatic nitrogens is 1. The molecule has 0 aliphatic rings. The molecule has 8 nitrogen and oxygen atoms in total. The van der Waals surface area contributed by atoms with Crippen LogP contribution in [0.4, 0.5) is 13.2 Å². The van der Waals surface area contributed by atoms with Crippen LogP contribution in [0.5, 0.6) is 11.5 Å². The Balaban J connectivity index is 1.96. The number of hydrogen-bond donors (Lipinski definition) is 3. The molecule has 1 atom stereocenters. The van der Waals surface area contributed by atoms with E-state index in [4.69, 9.17) is 4.74 Å². The molecule has 3 N–H and O–H groups in total. The summed E-state index contributed by atoms with van der Waals surface area (Å²) in [6.45, 7) is 4.51. The first-order chi connectivity index (χ1) is 16.8. The van der Waals surface area contributed by atoms with Crippen molar-refractivity contribution < 1.29 is 42.4 Å². The quantitative estimate of drug-likeness (QED) is 0.414. The van der Waals surface area contributed by atoms with E-state index in [0.717, 1.165) is 12.1 Å². The van der Waals surface area contributed by atoms with Gasteiger partial charge in [-0.15, -0.1) is 13.2 Å². The van der Waals surface area contributed by atoms with E-state index in [-0.39, 0.29) is 30.0 Å². The van der Waals surface area contributed by atoms with Crippen LogP contribution in [0.1, 0.15) is 42.4 Å². The summed E-state index contributed by atoms with van der Waals surface area (Å²) in [5.41, 5.74) is 0.273. The van der Waals surface area contributed by atoms with Crippen LogP contribution < -0.4 is 14.8 Å². The topological polar surface area (TPSA) is 118 Å². The number of aliphatic hydroxyl groups excluding tert-OH is 1. The maximum absolute atomic E-state index is 13.2. The minimum absolute atomic E-state index is 0.0117. The van der Waals surface area contributed by atoms with Crippen LogP contribution in [0.15, 0.2) is 48.5 Å². The van der Waals surface area contributed by atoms with Gasteiger partial charge < -0.3 is 25.0 Å². The number of hydrogen-bond acceptors (Lipinski definition) is 6. The molecule has 1 amide bonds. The normalized spacial score (nSPS) is 12.8. The fourth-order valence-corrected chi connectivity index (χ4v) is 3.42. The third kappa shape index (κ3) is 6.63. The summed E-state index contributed by atoms with van der Waals surface area (Å²) in [5, 5.41) is 22.2. The van der Waals surface area contributed by atoms with Crippen molar-refractivity contribution in [3.8, 4) is 11.5 Å². The van der Waals surface area contributed by atoms with E-state index in [1.165, 1.54) is 18.2 Å². The number of fused-ring (bicyclic) bond motifs is 1. The monoisotopic (exact) mass is 506 g/mol. The minimum atomic E-state index is -4.82. The van der Waals surface area contributed by atoms with Gasteiger partial charge >= 0.3 is 12.3 Å². The second kappa shape index (κ2) is 10.4. The van der Waals surface area contributed by atoms with Gasteiger partial charge in [-0.25, -0.2) is 9.78 Å². The lowest BCUT2D eigenvalue weighted by Gasteiger charge is -2.28. The fraction of sp³-hybridized carbons (Fsp3) is 0.320. The molecule has 3 aromatic rings. The van der Waals surface area contributed by atoms with Crippen LogP contribution in [0.3, 0.4) is 0 Å². The van der Waals surface area contributed by atoms with Gasteiger partial charge in [0.1, 0.15) is 23.9 Å². The Morgan fingerprint density at radius 3 is 2.22 bits per heavy atom. The molecule has 1 aromatic heterocycles. The van der Waals surface area contributed by atoms with Gasteiger partial charge in [-0.1, -0.05) is 45.0 Å². The fourth-order valence-electron chi connectivity index (χ4n) is 3.42. The number of halogens is 3. The molecule has 0 saturated heterocycles. The molecule has 0 bridgehead atoms. The van der Waals surface area contributed by atoms with E-state index in [0.29, 0.717) is 16.6 Å². The summed E-state index contributed by atoms with van der Waals surface area (Å²) in [6, 6.07) is 10.2. The second-order valence-corrected chi connectivity index (χ2v) is 9.07. The maximum Gasteiger partial charge on any atom is 0.573 e. The van der Waals surface area contributed by atoms with E-state index in [9.17, 15) is 33.0 Å². The molecular formula is C25H25F3N2O6. The molecule has 0 unspecified atom stereocenters. The second-order valence-electron chi connectivity index (χ2n) is 9.07. The van der Waals surface area contributed by atoms with Crippen LogP contribution >= 0.6 is 0 Å². The highest BCUT2D eigenvalue weighted by Gasteiger charge is 2.34. The van der Waals surface area contributed by atoms with Crippen LogP contribution in [0.2, 0.25) is 0 Å². The lowest BCUT2D eigenvalue weighted by molar-refractivity contribution is -0.274. The number of carboxylic acids is 1. The molecule has 0 saturated carbocycles. The molecule has 0 radical (unpaired) electrons. The number of carboxylic acid groups (broad SMARTS) is 1. The Morgan fingerprint density at radius 2 is 1.67 bits per heavy atom. The van der Waals surface area contributed by atoms with E-state index in [1.807, 2.05) is 0 Å². The van der Waals surface area contributed by atoms with Crippen molar-refractivity contribution in [1.29, 1.82) is 0 Å². The summed E-state index contributed by atoms with van der Waals surface area (Å²) < 4.78 is 47.0. The maximum atomic E-state index is 13.2. The Bertz CT molecular complexity index is 1250. The molecule has 1 heterocycles. The van der Waals surface area contributed by atoms with Crippen molar-refractivity contribution in [3.05, 3.63) is 65.4 Å². The zero-order valence-electron chi connectivity index (χ0n) is 19.7. The molecule has 0 aliphatic carbocycles. The Morgan fingerprint density at radius 1 is 1.03 bits per heavy atom. The lowest BCUT2D eigenvalue weighted by atomic mass is 9.86. The van der Waals surface area contributed by atoms with Crippen molar-refractivity contribution in [1.82, 2.24) is 10.3 Å². The number of alkyl halides is 3. The lowest BCUT2D eigenvalue weighted by Crippen LogP contribution is -2.49. The van der Waals surface area contributed by atoms with Gasteiger partial charge in [0.15, 0.2) is 5.75 Å². The standard InChI is InChI=1S/C25H25F3N2O6/c1-24(2,3)21(23(33)34)30-22(32)18-11-7-15-6-8-16(12-31)29-19(15)20(18)35-13-14-4-9-17(10-5-14)36-25(26,27)28/h4-11,21,31H,12-13H2,1-3H3,(H,30,32)(H,33,34)/t21-/m1/s1. The molecule has 2 aromatic carbocycles. The number of nitrogens with zero attached hydrogens (tertiary/aromatic N) is 1. The number of pyridine rings is 1. The molecule has 0 aliphatic heterocycles. The van der Waals surface area contributed by atoms with Crippen molar-refractivity contribution in [2.45, 2.75) is 46.4 Å². The number of ether oxygens (including phenoxy) is 2. The average molecular weight is 506 g/mol. The number of carbonyl (C=O) groups is 2. The van der Waals surface area contributed by atoms with Crippen molar-refractivity contribution in [2.75, 3.05) is 0 Å². The predicted molar refractivity (Wildman–Crippen MR) is 123 cm³/mol. The molecular weight excluding hydrogens is 481 g/mol. The third-order valence-corrected chi connectivity index (χ3v) is 5.21. The largest absolute Gasteiger partial charge is 0.573 e. The number of nitrogens with one attached hydrogen (secondary N) is 1. The number of benzene rings is 2. The van der Waals surface area contributed by atoms with E-state index in [1.54, 1.807) is 39.0 Å². The zero-order valence-corrected chi connectivity index (χ0v) is 19.7. The summed E-state index contributed by atoms with van der Waals surface area (Å²) in [7, 11) is 0. The summed E-state index contributed by atoms with van der Waals surface area (Å²) >= 11 is 0. The molecule has 192 valence electrons. The zero-order chi connectivity index (χ0) is 26.7. The van der Waals surface area contributed by atoms with Crippen LogP contribution in [-0.2, 0) is 18.0 Å². The van der Waals surface area contributed by atoms with Crippen molar-refractivity contribution >= 4 is 22.8 Å². The first kappa shape index (κ1) is 26.7. The highest BCUT2D eigenvalue weighted by atomic mass is 19.4.